The number of aryl methyl sites for hydroxylation is 1. The summed E-state index contributed by atoms with van der Waals surface area (Å²) < 4.78 is 5.05. The quantitative estimate of drug-likeness (QED) is 0.796. The Morgan fingerprint density at radius 1 is 1.05 bits per heavy atom. The molecule has 0 amide bonds. The molecule has 0 radical (unpaired) electrons. The molecule has 0 bridgehead atoms. The van der Waals surface area contributed by atoms with E-state index in [-0.39, 0.29) is 0 Å². The summed E-state index contributed by atoms with van der Waals surface area (Å²) in [5.41, 5.74) is 1.99. The van der Waals surface area contributed by atoms with Crippen LogP contribution in [0, 0.1) is 6.92 Å². The zero-order valence-corrected chi connectivity index (χ0v) is 12.0. The first kappa shape index (κ1) is 13.3. The molecule has 5 heteroatoms. The molecular formula is C16H16N4O. The van der Waals surface area contributed by atoms with Gasteiger partial charge in [0.2, 0.25) is 5.88 Å². The molecule has 5 nitrogen and oxygen atoms in total. The Morgan fingerprint density at radius 3 is 2.57 bits per heavy atom. The lowest BCUT2D eigenvalue weighted by atomic mass is 10.1. The van der Waals surface area contributed by atoms with E-state index in [9.17, 15) is 0 Å². The highest BCUT2D eigenvalue weighted by molar-refractivity contribution is 5.92. The summed E-state index contributed by atoms with van der Waals surface area (Å²) in [6.07, 6.45) is 1.79. The van der Waals surface area contributed by atoms with Crippen LogP contribution in [0.4, 0.5) is 5.82 Å². The van der Waals surface area contributed by atoms with E-state index in [1.807, 2.05) is 37.3 Å². The van der Waals surface area contributed by atoms with Gasteiger partial charge in [-0.05, 0) is 12.5 Å². The highest BCUT2D eigenvalue weighted by atomic mass is 16.5. The molecule has 0 saturated heterocycles. The molecule has 0 atom stereocenters. The van der Waals surface area contributed by atoms with Crippen LogP contribution in [0.25, 0.3) is 10.8 Å². The number of anilines is 1. The number of ether oxygens (including phenoxy) is 1. The molecule has 1 aromatic carbocycles. The fourth-order valence-corrected chi connectivity index (χ4v) is 2.19. The highest BCUT2D eigenvalue weighted by Gasteiger charge is 2.06. The van der Waals surface area contributed by atoms with Gasteiger partial charge in [-0.1, -0.05) is 30.3 Å². The van der Waals surface area contributed by atoms with Crippen molar-refractivity contribution in [2.45, 2.75) is 13.5 Å². The zero-order chi connectivity index (χ0) is 14.7. The second kappa shape index (κ2) is 5.75. The second-order valence-corrected chi connectivity index (χ2v) is 4.74. The number of rotatable bonds is 4. The lowest BCUT2D eigenvalue weighted by Gasteiger charge is -2.09. The van der Waals surface area contributed by atoms with E-state index in [4.69, 9.17) is 4.74 Å². The van der Waals surface area contributed by atoms with E-state index in [0.717, 1.165) is 27.8 Å². The Hall–Kier alpha value is -2.69. The largest absolute Gasteiger partial charge is 0.481 e. The predicted octanol–water partition coefficient (Wildman–Crippen LogP) is 2.95. The van der Waals surface area contributed by atoms with Gasteiger partial charge in [-0.2, -0.15) is 5.10 Å². The van der Waals surface area contributed by atoms with Gasteiger partial charge >= 0.3 is 0 Å². The molecule has 3 aromatic rings. The fraction of sp³-hybridized carbons (Fsp3) is 0.188. The van der Waals surface area contributed by atoms with E-state index in [1.54, 1.807) is 13.3 Å². The Labute approximate surface area is 123 Å². The number of hydrogen-bond acceptors (Lipinski definition) is 5. The van der Waals surface area contributed by atoms with Gasteiger partial charge in [0, 0.05) is 29.6 Å². The van der Waals surface area contributed by atoms with Gasteiger partial charge in [0.05, 0.1) is 12.8 Å². The molecule has 0 aliphatic heterocycles. The summed E-state index contributed by atoms with van der Waals surface area (Å²) in [6, 6.07) is 11.9. The number of pyridine rings is 1. The van der Waals surface area contributed by atoms with Gasteiger partial charge in [0.15, 0.2) is 5.82 Å². The van der Waals surface area contributed by atoms with Crippen LogP contribution < -0.4 is 10.1 Å². The summed E-state index contributed by atoms with van der Waals surface area (Å²) >= 11 is 0. The number of benzene rings is 1. The van der Waals surface area contributed by atoms with E-state index in [1.165, 1.54) is 0 Å². The van der Waals surface area contributed by atoms with Crippen LogP contribution in [0.5, 0.6) is 5.88 Å². The van der Waals surface area contributed by atoms with Crippen LogP contribution >= 0.6 is 0 Å². The number of aromatic nitrogens is 3. The number of fused-ring (bicyclic) bond motifs is 1. The van der Waals surface area contributed by atoms with Crippen molar-refractivity contribution in [3.05, 3.63) is 53.9 Å². The van der Waals surface area contributed by atoms with Crippen molar-refractivity contribution < 1.29 is 4.74 Å². The third-order valence-electron chi connectivity index (χ3n) is 3.34. The summed E-state index contributed by atoms with van der Waals surface area (Å²) in [5, 5.41) is 14.0. The fourth-order valence-electron chi connectivity index (χ4n) is 2.19. The van der Waals surface area contributed by atoms with Crippen LogP contribution in [0.2, 0.25) is 0 Å². The number of nitrogens with one attached hydrogen (secondary N) is 1. The SMILES string of the molecule is COc1ccc(CNc2nnc(C)c3ccccc23)cn1. The van der Waals surface area contributed by atoms with Gasteiger partial charge in [0.1, 0.15) is 0 Å². The van der Waals surface area contributed by atoms with Crippen LogP contribution in [0.15, 0.2) is 42.6 Å². The molecule has 0 fully saturated rings. The van der Waals surface area contributed by atoms with E-state index < -0.39 is 0 Å². The predicted molar refractivity (Wildman–Crippen MR) is 82.4 cm³/mol. The van der Waals surface area contributed by atoms with Gasteiger partial charge in [-0.25, -0.2) is 4.98 Å². The van der Waals surface area contributed by atoms with Crippen LogP contribution in [0.3, 0.4) is 0 Å². The van der Waals surface area contributed by atoms with Crippen molar-refractivity contribution in [3.63, 3.8) is 0 Å². The minimum atomic E-state index is 0.610. The molecule has 21 heavy (non-hydrogen) atoms. The van der Waals surface area contributed by atoms with Crippen LogP contribution in [0.1, 0.15) is 11.3 Å². The minimum Gasteiger partial charge on any atom is -0.481 e. The van der Waals surface area contributed by atoms with Gasteiger partial charge in [-0.15, -0.1) is 5.10 Å². The molecular weight excluding hydrogens is 264 g/mol. The van der Waals surface area contributed by atoms with Crippen molar-refractivity contribution in [1.82, 2.24) is 15.2 Å². The average molecular weight is 280 g/mol. The molecule has 2 aromatic heterocycles. The number of hydrogen-bond donors (Lipinski definition) is 1. The minimum absolute atomic E-state index is 0.610. The van der Waals surface area contributed by atoms with E-state index >= 15 is 0 Å². The standard InChI is InChI=1S/C16H16N4O/c1-11-13-5-3-4-6-14(13)16(20-19-11)18-10-12-7-8-15(21-2)17-9-12/h3-9H,10H2,1-2H3,(H,18,20). The molecule has 1 N–H and O–H groups in total. The molecule has 0 aliphatic carbocycles. The molecule has 106 valence electrons. The molecule has 0 saturated carbocycles. The van der Waals surface area contributed by atoms with Gasteiger partial charge < -0.3 is 10.1 Å². The number of methoxy groups -OCH3 is 1. The Morgan fingerprint density at radius 2 is 1.86 bits per heavy atom. The van der Waals surface area contributed by atoms with Crippen molar-refractivity contribution in [2.24, 2.45) is 0 Å². The average Bonchev–Trinajstić information content (AvgIpc) is 2.55. The summed E-state index contributed by atoms with van der Waals surface area (Å²) in [4.78, 5) is 4.19. The Kier molecular flexibility index (Phi) is 3.64. The molecule has 2 heterocycles. The lowest BCUT2D eigenvalue weighted by molar-refractivity contribution is 0.397. The Bertz CT molecular complexity index is 756. The summed E-state index contributed by atoms with van der Waals surface area (Å²) in [6.45, 7) is 2.60. The third-order valence-corrected chi connectivity index (χ3v) is 3.34. The maximum Gasteiger partial charge on any atom is 0.212 e. The van der Waals surface area contributed by atoms with Crippen molar-refractivity contribution in [2.75, 3.05) is 12.4 Å². The summed E-state index contributed by atoms with van der Waals surface area (Å²) in [5.74, 6) is 1.39. The van der Waals surface area contributed by atoms with Crippen molar-refractivity contribution >= 4 is 16.6 Å². The monoisotopic (exact) mass is 280 g/mol. The van der Waals surface area contributed by atoms with Gasteiger partial charge in [-0.3, -0.25) is 0 Å². The number of nitrogens with zero attached hydrogens (tertiary/aromatic N) is 3. The topological polar surface area (TPSA) is 59.9 Å². The first-order valence-corrected chi connectivity index (χ1v) is 6.73. The smallest absolute Gasteiger partial charge is 0.212 e. The maximum atomic E-state index is 5.05. The highest BCUT2D eigenvalue weighted by Crippen LogP contribution is 2.22. The van der Waals surface area contributed by atoms with Crippen molar-refractivity contribution in [3.8, 4) is 5.88 Å². The molecule has 0 spiro atoms. The summed E-state index contributed by atoms with van der Waals surface area (Å²) in [7, 11) is 1.61. The maximum absolute atomic E-state index is 5.05. The first-order chi connectivity index (χ1) is 10.3. The first-order valence-electron chi connectivity index (χ1n) is 6.73. The normalized spacial score (nSPS) is 10.6. The van der Waals surface area contributed by atoms with E-state index in [2.05, 4.69) is 26.6 Å². The van der Waals surface area contributed by atoms with E-state index in [0.29, 0.717) is 12.4 Å². The Balaban J connectivity index is 1.83. The third kappa shape index (κ3) is 2.76. The molecule has 0 aliphatic rings. The molecule has 0 unspecified atom stereocenters. The van der Waals surface area contributed by atoms with Crippen LogP contribution in [-0.2, 0) is 6.54 Å². The van der Waals surface area contributed by atoms with Crippen molar-refractivity contribution in [1.29, 1.82) is 0 Å². The second-order valence-electron chi connectivity index (χ2n) is 4.74. The van der Waals surface area contributed by atoms with Crippen LogP contribution in [-0.4, -0.2) is 22.3 Å². The lowest BCUT2D eigenvalue weighted by Crippen LogP contribution is -2.04. The molecule has 3 rings (SSSR count). The zero-order valence-electron chi connectivity index (χ0n) is 12.0. The van der Waals surface area contributed by atoms with Gasteiger partial charge in [0.25, 0.3) is 0 Å².